The second kappa shape index (κ2) is 8.34. The number of rotatable bonds is 5. The van der Waals surface area contributed by atoms with E-state index in [0.717, 1.165) is 4.90 Å². The zero-order valence-corrected chi connectivity index (χ0v) is 17.3. The van der Waals surface area contributed by atoms with Gasteiger partial charge in [0.25, 0.3) is 11.8 Å². The van der Waals surface area contributed by atoms with Crippen LogP contribution in [0.2, 0.25) is 10.0 Å². The van der Waals surface area contributed by atoms with Crippen molar-refractivity contribution in [2.75, 3.05) is 11.5 Å². The molecule has 0 fully saturated rings. The first-order valence-corrected chi connectivity index (χ1v) is 9.85. The van der Waals surface area contributed by atoms with E-state index >= 15 is 0 Å². The molecule has 0 saturated heterocycles. The van der Waals surface area contributed by atoms with Crippen molar-refractivity contribution in [3.05, 3.63) is 99.0 Å². The Morgan fingerprint density at radius 2 is 1.45 bits per heavy atom. The van der Waals surface area contributed by atoms with Gasteiger partial charge in [-0.2, -0.15) is 0 Å². The molecule has 0 N–H and O–H groups in total. The van der Waals surface area contributed by atoms with Gasteiger partial charge >= 0.3 is 5.97 Å². The second-order valence-corrected chi connectivity index (χ2v) is 7.48. The van der Waals surface area contributed by atoms with Crippen molar-refractivity contribution < 1.29 is 23.9 Å². The maximum Gasteiger partial charge on any atom is 0.338 e. The minimum absolute atomic E-state index is 0.0525. The van der Waals surface area contributed by atoms with Crippen LogP contribution in [0.25, 0.3) is 0 Å². The lowest BCUT2D eigenvalue weighted by Gasteiger charge is -2.13. The third-order valence-corrected chi connectivity index (χ3v) is 5.45. The number of benzene rings is 3. The molecule has 0 saturated carbocycles. The molecule has 3 aromatic carbocycles. The Hall–Kier alpha value is -3.48. The van der Waals surface area contributed by atoms with Crippen molar-refractivity contribution in [3.8, 4) is 0 Å². The topological polar surface area (TPSA) is 80.8 Å². The second-order valence-electron chi connectivity index (χ2n) is 6.67. The number of halogens is 2. The fourth-order valence-electron chi connectivity index (χ4n) is 3.15. The van der Waals surface area contributed by atoms with Gasteiger partial charge in [-0.3, -0.25) is 14.4 Å². The molecule has 4 rings (SSSR count). The number of ether oxygens (including phenoxy) is 1. The van der Waals surface area contributed by atoms with E-state index in [1.807, 2.05) is 0 Å². The van der Waals surface area contributed by atoms with Gasteiger partial charge in [0.05, 0.1) is 32.4 Å². The van der Waals surface area contributed by atoms with Gasteiger partial charge < -0.3 is 4.74 Å². The molecule has 0 unspecified atom stereocenters. The summed E-state index contributed by atoms with van der Waals surface area (Å²) in [6, 6.07) is 16.9. The van der Waals surface area contributed by atoms with Gasteiger partial charge in [0, 0.05) is 5.56 Å². The molecule has 2 amide bonds. The van der Waals surface area contributed by atoms with Crippen molar-refractivity contribution >= 4 is 52.5 Å². The summed E-state index contributed by atoms with van der Waals surface area (Å²) in [4.78, 5) is 51.1. The first-order chi connectivity index (χ1) is 14.9. The lowest BCUT2D eigenvalue weighted by molar-refractivity contribution is 0.0474. The highest BCUT2D eigenvalue weighted by atomic mass is 35.5. The summed E-state index contributed by atoms with van der Waals surface area (Å²) in [5.41, 5.74) is 1.02. The number of ketones is 1. The number of fused-ring (bicyclic) bond motifs is 1. The van der Waals surface area contributed by atoms with E-state index in [1.165, 1.54) is 36.4 Å². The van der Waals surface area contributed by atoms with Crippen LogP contribution in [0.15, 0.2) is 66.7 Å². The Balaban J connectivity index is 1.50. The number of anilines is 1. The predicted octanol–water partition coefficient (Wildman–Crippen LogP) is 4.83. The van der Waals surface area contributed by atoms with Gasteiger partial charge in [0.15, 0.2) is 12.4 Å². The molecule has 0 bridgehead atoms. The minimum atomic E-state index is -0.797. The molecule has 0 radical (unpaired) electrons. The third kappa shape index (κ3) is 3.95. The molecule has 1 aliphatic heterocycles. The van der Waals surface area contributed by atoms with Gasteiger partial charge in [-0.25, -0.2) is 9.69 Å². The molecule has 0 aromatic heterocycles. The summed E-state index contributed by atoms with van der Waals surface area (Å²) < 4.78 is 5.07. The Bertz CT molecular complexity index is 1240. The van der Waals surface area contributed by atoms with E-state index < -0.39 is 30.2 Å². The van der Waals surface area contributed by atoms with Crippen molar-refractivity contribution in [1.82, 2.24) is 0 Å². The molecule has 8 heteroatoms. The highest BCUT2D eigenvalue weighted by Gasteiger charge is 2.37. The molecule has 3 aromatic rings. The fourth-order valence-corrected chi connectivity index (χ4v) is 3.44. The Morgan fingerprint density at radius 1 is 0.774 bits per heavy atom. The zero-order chi connectivity index (χ0) is 22.1. The number of esters is 1. The quantitative estimate of drug-likeness (QED) is 0.313. The zero-order valence-electron chi connectivity index (χ0n) is 15.8. The van der Waals surface area contributed by atoms with Gasteiger partial charge in [-0.05, 0) is 48.5 Å². The van der Waals surface area contributed by atoms with E-state index in [1.54, 1.807) is 30.3 Å². The molecule has 0 aliphatic carbocycles. The van der Waals surface area contributed by atoms with Crippen LogP contribution in [0, 0.1) is 0 Å². The van der Waals surface area contributed by atoms with Crippen LogP contribution in [-0.2, 0) is 4.74 Å². The molecule has 1 heterocycles. The molecule has 31 heavy (non-hydrogen) atoms. The van der Waals surface area contributed by atoms with E-state index in [-0.39, 0.29) is 27.3 Å². The first kappa shape index (κ1) is 20.8. The number of amides is 2. The summed E-state index contributed by atoms with van der Waals surface area (Å²) in [6.45, 7) is -0.517. The fraction of sp³-hybridized carbons (Fsp3) is 0.0435. The summed E-state index contributed by atoms with van der Waals surface area (Å²) >= 11 is 11.7. The standard InChI is InChI=1S/C23H13Cl2NO5/c24-18-9-7-13(11-19(18)25)20(27)12-31-23(30)14-6-8-16-17(10-14)22(29)26(21(16)28)15-4-2-1-3-5-15/h1-11H,12H2. The van der Waals surface area contributed by atoms with Crippen LogP contribution in [0.1, 0.15) is 41.4 Å². The van der Waals surface area contributed by atoms with Gasteiger partial charge in [0.1, 0.15) is 0 Å². The number of hydrogen-bond acceptors (Lipinski definition) is 5. The number of hydrogen-bond donors (Lipinski definition) is 0. The molecule has 6 nitrogen and oxygen atoms in total. The number of nitrogens with zero attached hydrogens (tertiary/aromatic N) is 1. The number of carbonyl (C=O) groups is 4. The van der Waals surface area contributed by atoms with Crippen LogP contribution in [0.4, 0.5) is 5.69 Å². The number of Topliss-reactive ketones (excluding diaryl/α,β-unsaturated/α-hetero) is 1. The van der Waals surface area contributed by atoms with Crippen LogP contribution in [0.5, 0.6) is 0 Å². The summed E-state index contributed by atoms with van der Waals surface area (Å²) in [5.74, 6) is -2.27. The maximum atomic E-state index is 12.8. The lowest BCUT2D eigenvalue weighted by Crippen LogP contribution is -2.29. The molecule has 1 aliphatic rings. The van der Waals surface area contributed by atoms with Crippen LogP contribution < -0.4 is 4.90 Å². The van der Waals surface area contributed by atoms with Crippen LogP contribution in [0.3, 0.4) is 0 Å². The molecule has 0 atom stereocenters. The monoisotopic (exact) mass is 453 g/mol. The molecule has 154 valence electrons. The average molecular weight is 454 g/mol. The highest BCUT2D eigenvalue weighted by molar-refractivity contribution is 6.42. The van der Waals surface area contributed by atoms with Crippen molar-refractivity contribution in [1.29, 1.82) is 0 Å². The molecular formula is C23H13Cl2NO5. The lowest BCUT2D eigenvalue weighted by atomic mass is 10.1. The summed E-state index contributed by atoms with van der Waals surface area (Å²) in [7, 11) is 0. The smallest absolute Gasteiger partial charge is 0.338 e. The van der Waals surface area contributed by atoms with Gasteiger partial charge in [-0.1, -0.05) is 41.4 Å². The van der Waals surface area contributed by atoms with Crippen LogP contribution >= 0.6 is 23.2 Å². The van der Waals surface area contributed by atoms with E-state index in [0.29, 0.717) is 10.7 Å². The highest BCUT2D eigenvalue weighted by Crippen LogP contribution is 2.29. The summed E-state index contributed by atoms with van der Waals surface area (Å²) in [6.07, 6.45) is 0. The van der Waals surface area contributed by atoms with Crippen LogP contribution in [-0.4, -0.2) is 30.2 Å². The first-order valence-electron chi connectivity index (χ1n) is 9.10. The van der Waals surface area contributed by atoms with E-state index in [2.05, 4.69) is 0 Å². The number of para-hydroxylation sites is 1. The van der Waals surface area contributed by atoms with E-state index in [9.17, 15) is 19.2 Å². The van der Waals surface area contributed by atoms with Gasteiger partial charge in [0.2, 0.25) is 0 Å². The van der Waals surface area contributed by atoms with Crippen molar-refractivity contribution in [2.45, 2.75) is 0 Å². The summed E-state index contributed by atoms with van der Waals surface area (Å²) in [5, 5.41) is 0.515. The Labute approximate surface area is 186 Å². The third-order valence-electron chi connectivity index (χ3n) is 4.71. The predicted molar refractivity (Wildman–Crippen MR) is 115 cm³/mol. The molecule has 0 spiro atoms. The maximum absolute atomic E-state index is 12.8. The Morgan fingerprint density at radius 3 is 2.16 bits per heavy atom. The molecular weight excluding hydrogens is 441 g/mol. The SMILES string of the molecule is O=C(COC(=O)c1ccc2c(c1)C(=O)N(c1ccccc1)C2=O)c1ccc(Cl)c(Cl)c1. The number of imide groups is 1. The Kier molecular flexibility index (Phi) is 5.59. The minimum Gasteiger partial charge on any atom is -0.454 e. The van der Waals surface area contributed by atoms with Crippen molar-refractivity contribution in [2.24, 2.45) is 0 Å². The number of carbonyl (C=O) groups excluding carboxylic acids is 4. The largest absolute Gasteiger partial charge is 0.454 e. The van der Waals surface area contributed by atoms with Gasteiger partial charge in [-0.15, -0.1) is 0 Å². The van der Waals surface area contributed by atoms with Crippen molar-refractivity contribution in [3.63, 3.8) is 0 Å². The average Bonchev–Trinajstić information content (AvgIpc) is 3.03. The van der Waals surface area contributed by atoms with E-state index in [4.69, 9.17) is 27.9 Å². The normalized spacial score (nSPS) is 12.6.